The highest BCUT2D eigenvalue weighted by Gasteiger charge is 2.38. The van der Waals surface area contributed by atoms with Crippen LogP contribution in [0.2, 0.25) is 0 Å². The van der Waals surface area contributed by atoms with Crippen molar-refractivity contribution in [2.45, 2.75) is 44.4 Å². The second-order valence-corrected chi connectivity index (χ2v) is 10.4. The molecule has 0 fully saturated rings. The number of hydrogen-bond acceptors (Lipinski definition) is 6. The first-order valence-corrected chi connectivity index (χ1v) is 12.3. The largest absolute Gasteiger partial charge is 0.487 e. The summed E-state index contributed by atoms with van der Waals surface area (Å²) < 4.78 is 34.7. The molecule has 0 aliphatic carbocycles. The van der Waals surface area contributed by atoms with E-state index in [2.05, 4.69) is 9.88 Å². The number of nitrogens with zero attached hydrogens (tertiary/aromatic N) is 3. The molecule has 2 aromatic rings. The number of pyridine rings is 1. The Kier molecular flexibility index (Phi) is 8.05. The van der Waals surface area contributed by atoms with Crippen LogP contribution in [0.15, 0.2) is 53.7 Å². The Morgan fingerprint density at radius 3 is 2.81 bits per heavy atom. The van der Waals surface area contributed by atoms with Gasteiger partial charge in [-0.3, -0.25) is 9.88 Å². The van der Waals surface area contributed by atoms with Crippen molar-refractivity contribution in [2.75, 3.05) is 26.7 Å². The van der Waals surface area contributed by atoms with Crippen molar-refractivity contribution in [3.05, 3.63) is 59.9 Å². The molecule has 0 unspecified atom stereocenters. The molecule has 1 N–H and O–H groups in total. The van der Waals surface area contributed by atoms with Crippen LogP contribution in [0.4, 0.5) is 0 Å². The number of aliphatic hydroxyl groups is 1. The van der Waals surface area contributed by atoms with Gasteiger partial charge in [0.05, 0.1) is 6.61 Å². The molecule has 1 aromatic heterocycles. The Bertz CT molecular complexity index is 1030. The molecular formula is C24H33N3O4S. The predicted octanol–water partition coefficient (Wildman–Crippen LogP) is 3.02. The highest BCUT2D eigenvalue weighted by molar-refractivity contribution is 7.89. The lowest BCUT2D eigenvalue weighted by Crippen LogP contribution is -2.49. The van der Waals surface area contributed by atoms with Crippen molar-refractivity contribution in [3.8, 4) is 5.75 Å². The van der Waals surface area contributed by atoms with Crippen LogP contribution in [0.3, 0.4) is 0 Å². The van der Waals surface area contributed by atoms with E-state index in [1.165, 1.54) is 4.31 Å². The van der Waals surface area contributed by atoms with Crippen LogP contribution in [-0.2, 0) is 16.6 Å². The van der Waals surface area contributed by atoms with Gasteiger partial charge in [0.1, 0.15) is 16.7 Å². The molecular weight excluding hydrogens is 426 g/mol. The summed E-state index contributed by atoms with van der Waals surface area (Å²) in [5.74, 6) is 0.260. The molecule has 0 spiro atoms. The molecule has 1 aliphatic heterocycles. The van der Waals surface area contributed by atoms with Crippen LogP contribution in [0.1, 0.15) is 31.9 Å². The van der Waals surface area contributed by atoms with Crippen molar-refractivity contribution in [3.63, 3.8) is 0 Å². The highest BCUT2D eigenvalue weighted by atomic mass is 32.2. The van der Waals surface area contributed by atoms with Crippen molar-refractivity contribution >= 4 is 16.1 Å². The lowest BCUT2D eigenvalue weighted by Gasteiger charge is -2.37. The fourth-order valence-electron chi connectivity index (χ4n) is 3.93. The average Bonchev–Trinajstić information content (AvgIpc) is 2.76. The molecule has 3 rings (SSSR count). The first-order valence-electron chi connectivity index (χ1n) is 10.9. The van der Waals surface area contributed by atoms with Crippen LogP contribution in [0.25, 0.3) is 6.08 Å². The first kappa shape index (κ1) is 24.4. The summed E-state index contributed by atoms with van der Waals surface area (Å²) in [5, 5.41) is 9.74. The summed E-state index contributed by atoms with van der Waals surface area (Å²) in [6.45, 7) is 6.99. The number of allylic oxidation sites excluding steroid dienone is 1. The summed E-state index contributed by atoms with van der Waals surface area (Å²) in [5.41, 5.74) is 1.97. The van der Waals surface area contributed by atoms with E-state index in [1.807, 2.05) is 51.4 Å². The topological polar surface area (TPSA) is 83.0 Å². The first-order chi connectivity index (χ1) is 15.3. The zero-order valence-electron chi connectivity index (χ0n) is 19.2. The van der Waals surface area contributed by atoms with Gasteiger partial charge in [-0.1, -0.05) is 31.2 Å². The minimum absolute atomic E-state index is 0.0892. The SMILES string of the molecule is C/C=C/c1ccc2c(c1)O[C@H](CN(C)Cc1cccnc1)[C@H](C)CN([C@@H](C)CO)S2(=O)=O. The van der Waals surface area contributed by atoms with Gasteiger partial charge in [0, 0.05) is 44.0 Å². The van der Waals surface area contributed by atoms with Gasteiger partial charge in [0.15, 0.2) is 0 Å². The average molecular weight is 460 g/mol. The van der Waals surface area contributed by atoms with Crippen molar-refractivity contribution in [1.29, 1.82) is 0 Å². The van der Waals surface area contributed by atoms with Gasteiger partial charge < -0.3 is 9.84 Å². The van der Waals surface area contributed by atoms with Crippen molar-refractivity contribution < 1.29 is 18.3 Å². The monoisotopic (exact) mass is 459 g/mol. The Labute approximate surface area is 191 Å². The van der Waals surface area contributed by atoms with E-state index in [-0.39, 0.29) is 30.1 Å². The third-order valence-corrected chi connectivity index (χ3v) is 7.74. The lowest BCUT2D eigenvalue weighted by molar-refractivity contribution is 0.0733. The van der Waals surface area contributed by atoms with E-state index >= 15 is 0 Å². The molecule has 1 aromatic carbocycles. The molecule has 0 amide bonds. The number of aliphatic hydroxyl groups excluding tert-OH is 1. The maximum absolute atomic E-state index is 13.5. The lowest BCUT2D eigenvalue weighted by atomic mass is 10.0. The van der Waals surface area contributed by atoms with Gasteiger partial charge in [0.2, 0.25) is 10.0 Å². The minimum Gasteiger partial charge on any atom is -0.487 e. The van der Waals surface area contributed by atoms with E-state index in [0.717, 1.165) is 11.1 Å². The minimum atomic E-state index is -3.82. The second kappa shape index (κ2) is 10.6. The number of ether oxygens (including phenoxy) is 1. The third-order valence-electron chi connectivity index (χ3n) is 5.72. The Morgan fingerprint density at radius 1 is 1.38 bits per heavy atom. The number of hydrogen-bond donors (Lipinski definition) is 1. The third kappa shape index (κ3) is 5.56. The summed E-state index contributed by atoms with van der Waals surface area (Å²) in [7, 11) is -1.80. The maximum Gasteiger partial charge on any atom is 0.247 e. The van der Waals surface area contributed by atoms with E-state index in [0.29, 0.717) is 18.8 Å². The van der Waals surface area contributed by atoms with Crippen LogP contribution in [-0.4, -0.2) is 66.6 Å². The number of fused-ring (bicyclic) bond motifs is 1. The van der Waals surface area contributed by atoms with Gasteiger partial charge in [-0.2, -0.15) is 4.31 Å². The molecule has 0 radical (unpaired) electrons. The molecule has 0 saturated carbocycles. The molecule has 174 valence electrons. The summed E-state index contributed by atoms with van der Waals surface area (Å²) in [4.78, 5) is 6.47. The number of likely N-dealkylation sites (N-methyl/N-ethyl adjacent to an activating group) is 1. The highest BCUT2D eigenvalue weighted by Crippen LogP contribution is 2.34. The summed E-state index contributed by atoms with van der Waals surface area (Å²) in [6.07, 6.45) is 7.17. The maximum atomic E-state index is 13.5. The fourth-order valence-corrected chi connectivity index (χ4v) is 5.76. The van der Waals surface area contributed by atoms with Crippen molar-refractivity contribution in [1.82, 2.24) is 14.2 Å². The van der Waals surface area contributed by atoms with Crippen LogP contribution in [0.5, 0.6) is 5.75 Å². The fraction of sp³-hybridized carbons (Fsp3) is 0.458. The number of aromatic nitrogens is 1. The molecule has 0 bridgehead atoms. The molecule has 2 heterocycles. The van der Waals surface area contributed by atoms with Crippen LogP contribution >= 0.6 is 0 Å². The van der Waals surface area contributed by atoms with Gasteiger partial charge in [-0.25, -0.2) is 8.42 Å². The van der Waals surface area contributed by atoms with Gasteiger partial charge in [0.25, 0.3) is 0 Å². The Balaban J connectivity index is 1.97. The number of rotatable bonds is 7. The van der Waals surface area contributed by atoms with E-state index < -0.39 is 16.1 Å². The van der Waals surface area contributed by atoms with Gasteiger partial charge >= 0.3 is 0 Å². The summed E-state index contributed by atoms with van der Waals surface area (Å²) in [6, 6.07) is 8.57. The van der Waals surface area contributed by atoms with Crippen molar-refractivity contribution in [2.24, 2.45) is 5.92 Å². The second-order valence-electron chi connectivity index (χ2n) is 8.50. The molecule has 8 heteroatoms. The Morgan fingerprint density at radius 2 is 2.16 bits per heavy atom. The molecule has 0 saturated heterocycles. The van der Waals surface area contributed by atoms with Gasteiger partial charge in [-0.05, 0) is 50.2 Å². The predicted molar refractivity (Wildman–Crippen MR) is 126 cm³/mol. The molecule has 1 aliphatic rings. The standard InChI is InChI=1S/C24H33N3O4S/c1-5-7-20-9-10-24-22(12-20)31-23(16-26(4)15-21-8-6-11-25-13-21)18(2)14-27(19(3)17-28)32(24,29)30/h5-13,18-19,23,28H,14-17H2,1-4H3/b7-5+/t18-,19+,23-/m1/s1. The van der Waals surface area contributed by atoms with E-state index in [1.54, 1.807) is 31.3 Å². The zero-order chi connectivity index (χ0) is 23.3. The summed E-state index contributed by atoms with van der Waals surface area (Å²) >= 11 is 0. The quantitative estimate of drug-likeness (QED) is 0.685. The normalized spacial score (nSPS) is 22.2. The Hall–Kier alpha value is -2.26. The smallest absolute Gasteiger partial charge is 0.247 e. The van der Waals surface area contributed by atoms with Gasteiger partial charge in [-0.15, -0.1) is 0 Å². The zero-order valence-corrected chi connectivity index (χ0v) is 20.0. The molecule has 3 atom stereocenters. The van der Waals surface area contributed by atoms with E-state index in [4.69, 9.17) is 4.74 Å². The van der Waals surface area contributed by atoms with Crippen LogP contribution in [0, 0.1) is 5.92 Å². The molecule has 32 heavy (non-hydrogen) atoms. The molecule has 7 nitrogen and oxygen atoms in total. The van der Waals surface area contributed by atoms with Crippen LogP contribution < -0.4 is 4.74 Å². The van der Waals surface area contributed by atoms with E-state index in [9.17, 15) is 13.5 Å². The number of sulfonamides is 1. The number of benzene rings is 1.